The van der Waals surface area contributed by atoms with E-state index in [-0.39, 0.29) is 17.9 Å². The lowest BCUT2D eigenvalue weighted by atomic mass is 9.96. The van der Waals surface area contributed by atoms with Crippen LogP contribution in [0.15, 0.2) is 0 Å². The molecule has 0 bridgehead atoms. The van der Waals surface area contributed by atoms with E-state index in [1.54, 1.807) is 0 Å². The predicted octanol–water partition coefficient (Wildman–Crippen LogP) is 5.64. The number of hydrogen-bond donors (Lipinski definition) is 4. The second-order valence-corrected chi connectivity index (χ2v) is 8.23. The third-order valence-corrected chi connectivity index (χ3v) is 5.86. The van der Waals surface area contributed by atoms with Gasteiger partial charge in [-0.2, -0.15) is 0 Å². The zero-order valence-corrected chi connectivity index (χ0v) is 19.7. The number of aliphatic hydroxyl groups excluding tert-OH is 2. The number of rotatable bonds is 14. The fourth-order valence-electron chi connectivity index (χ4n) is 3.75. The van der Waals surface area contributed by atoms with Crippen LogP contribution >= 0.6 is 0 Å². The summed E-state index contributed by atoms with van der Waals surface area (Å²) in [4.78, 5) is 21.7. The summed E-state index contributed by atoms with van der Waals surface area (Å²) in [6.45, 7) is 3.77. The molecule has 0 spiro atoms. The molecule has 4 N–H and O–H groups in total. The van der Waals surface area contributed by atoms with E-state index in [1.165, 1.54) is 38.5 Å². The van der Waals surface area contributed by atoms with Crippen LogP contribution in [0.25, 0.3) is 0 Å². The number of hydrogen-bond acceptors (Lipinski definition) is 4. The maximum absolute atomic E-state index is 10.9. The molecule has 1 aliphatic carbocycles. The van der Waals surface area contributed by atoms with E-state index in [1.807, 2.05) is 13.8 Å². The first-order valence-electron chi connectivity index (χ1n) is 12.0. The number of carboxylic acid groups (broad SMARTS) is 2. The van der Waals surface area contributed by atoms with E-state index in [4.69, 9.17) is 15.3 Å². The smallest absolute Gasteiger partial charge is 0.306 e. The minimum Gasteiger partial charge on any atom is -0.481 e. The van der Waals surface area contributed by atoms with Gasteiger partial charge in [0.15, 0.2) is 0 Å². The van der Waals surface area contributed by atoms with E-state index >= 15 is 0 Å². The van der Waals surface area contributed by atoms with Crippen molar-refractivity contribution in [3.8, 4) is 0 Å². The van der Waals surface area contributed by atoms with Crippen LogP contribution in [0, 0.1) is 11.8 Å². The minimum absolute atomic E-state index is 0.265. The summed E-state index contributed by atoms with van der Waals surface area (Å²) in [6, 6.07) is 0. The molecule has 0 aromatic heterocycles. The molecule has 0 aromatic rings. The first-order chi connectivity index (χ1) is 14.4. The molecule has 1 fully saturated rings. The fraction of sp³-hybridized carbons (Fsp3) is 0.917. The van der Waals surface area contributed by atoms with Crippen LogP contribution in [-0.4, -0.2) is 45.6 Å². The molecule has 0 amide bonds. The lowest BCUT2D eigenvalue weighted by Gasteiger charge is -2.13. The Morgan fingerprint density at radius 3 is 1.13 bits per heavy atom. The second-order valence-electron chi connectivity index (χ2n) is 8.23. The standard InChI is InChI=1S/C17H32O5.C6H12.CH4O/c1-3-13(16(19)20)9-5-7-11-15(18)12-8-6-10-14(4-2)17(21)22;1-2-4-6-5-3-1;1-2/h13-15,18H,3-12H2,1-2H3,(H,19,20)(H,21,22);1-6H2;2H,1H3. The maximum atomic E-state index is 10.9. The Morgan fingerprint density at radius 2 is 0.900 bits per heavy atom. The third-order valence-electron chi connectivity index (χ3n) is 5.86. The highest BCUT2D eigenvalue weighted by molar-refractivity contribution is 5.70. The summed E-state index contributed by atoms with van der Waals surface area (Å²) in [5, 5.41) is 34.8. The van der Waals surface area contributed by atoms with Crippen molar-refractivity contribution in [1.29, 1.82) is 0 Å². The van der Waals surface area contributed by atoms with Crippen molar-refractivity contribution < 1.29 is 30.0 Å². The molecule has 180 valence electrons. The van der Waals surface area contributed by atoms with Gasteiger partial charge in [0.2, 0.25) is 0 Å². The van der Waals surface area contributed by atoms with Gasteiger partial charge in [0, 0.05) is 7.11 Å². The Morgan fingerprint density at radius 1 is 0.633 bits per heavy atom. The molecule has 6 nitrogen and oxygen atoms in total. The van der Waals surface area contributed by atoms with Gasteiger partial charge >= 0.3 is 11.9 Å². The zero-order chi connectivity index (χ0) is 23.2. The molecule has 0 aromatic carbocycles. The van der Waals surface area contributed by atoms with Gasteiger partial charge in [0.25, 0.3) is 0 Å². The molecule has 0 saturated heterocycles. The van der Waals surface area contributed by atoms with Crippen LogP contribution in [0.1, 0.15) is 117 Å². The van der Waals surface area contributed by atoms with Crippen LogP contribution in [0.2, 0.25) is 0 Å². The molecule has 0 aliphatic heterocycles. The summed E-state index contributed by atoms with van der Waals surface area (Å²) in [5.74, 6) is -1.99. The molecule has 1 rings (SSSR count). The van der Waals surface area contributed by atoms with Crippen molar-refractivity contribution in [2.45, 2.75) is 123 Å². The highest BCUT2D eigenvalue weighted by atomic mass is 16.4. The third kappa shape index (κ3) is 18.9. The maximum Gasteiger partial charge on any atom is 0.306 e. The van der Waals surface area contributed by atoms with Crippen LogP contribution in [0.4, 0.5) is 0 Å². The Hall–Kier alpha value is -1.14. The second kappa shape index (κ2) is 22.5. The van der Waals surface area contributed by atoms with Gasteiger partial charge in [-0.15, -0.1) is 0 Å². The highest BCUT2D eigenvalue weighted by Crippen LogP contribution is 2.18. The van der Waals surface area contributed by atoms with Crippen molar-refractivity contribution in [2.24, 2.45) is 11.8 Å². The lowest BCUT2D eigenvalue weighted by Crippen LogP contribution is -2.13. The summed E-state index contributed by atoms with van der Waals surface area (Å²) in [7, 11) is 1.00. The Labute approximate surface area is 184 Å². The highest BCUT2D eigenvalue weighted by Gasteiger charge is 2.15. The first kappa shape index (κ1) is 31.0. The predicted molar refractivity (Wildman–Crippen MR) is 122 cm³/mol. The van der Waals surface area contributed by atoms with Gasteiger partial charge in [-0.25, -0.2) is 0 Å². The summed E-state index contributed by atoms with van der Waals surface area (Å²) >= 11 is 0. The van der Waals surface area contributed by atoms with Crippen molar-refractivity contribution >= 4 is 11.9 Å². The molecule has 1 aliphatic rings. The first-order valence-corrected chi connectivity index (χ1v) is 12.0. The lowest BCUT2D eigenvalue weighted by molar-refractivity contribution is -0.143. The topological polar surface area (TPSA) is 115 Å². The number of unbranched alkanes of at least 4 members (excludes halogenated alkanes) is 2. The average Bonchev–Trinajstić information content (AvgIpc) is 2.76. The molecule has 0 radical (unpaired) electrons. The van der Waals surface area contributed by atoms with E-state index in [0.29, 0.717) is 38.5 Å². The van der Waals surface area contributed by atoms with Crippen molar-refractivity contribution in [1.82, 2.24) is 0 Å². The number of aliphatic hydroxyl groups is 2. The van der Waals surface area contributed by atoms with Crippen molar-refractivity contribution in [2.75, 3.05) is 7.11 Å². The Bertz CT molecular complexity index is 354. The van der Waals surface area contributed by atoms with Crippen LogP contribution in [-0.2, 0) is 9.59 Å². The number of carbonyl (C=O) groups is 2. The number of aliphatic carboxylic acids is 2. The molecule has 6 heteroatoms. The molecule has 0 heterocycles. The van der Waals surface area contributed by atoms with Crippen LogP contribution in [0.3, 0.4) is 0 Å². The number of carboxylic acids is 2. The molecular weight excluding hydrogens is 384 g/mol. The quantitative estimate of drug-likeness (QED) is 0.264. The van der Waals surface area contributed by atoms with Gasteiger partial charge in [-0.3, -0.25) is 9.59 Å². The summed E-state index contributed by atoms with van der Waals surface area (Å²) in [5.41, 5.74) is 0. The van der Waals surface area contributed by atoms with Gasteiger partial charge in [-0.05, 0) is 38.5 Å². The van der Waals surface area contributed by atoms with Crippen LogP contribution < -0.4 is 0 Å². The Balaban J connectivity index is 0. The van der Waals surface area contributed by atoms with Crippen molar-refractivity contribution in [3.05, 3.63) is 0 Å². The van der Waals surface area contributed by atoms with Gasteiger partial charge in [0.1, 0.15) is 0 Å². The van der Waals surface area contributed by atoms with Gasteiger partial charge in [0.05, 0.1) is 17.9 Å². The van der Waals surface area contributed by atoms with Crippen LogP contribution in [0.5, 0.6) is 0 Å². The van der Waals surface area contributed by atoms with E-state index in [2.05, 4.69) is 0 Å². The van der Waals surface area contributed by atoms with Gasteiger partial charge in [-0.1, -0.05) is 78.1 Å². The van der Waals surface area contributed by atoms with E-state index < -0.39 is 11.9 Å². The zero-order valence-electron chi connectivity index (χ0n) is 19.7. The average molecular weight is 433 g/mol. The molecule has 30 heavy (non-hydrogen) atoms. The Kier molecular flexibility index (Phi) is 23.3. The monoisotopic (exact) mass is 432 g/mol. The minimum atomic E-state index is -0.730. The summed E-state index contributed by atoms with van der Waals surface area (Å²) in [6.07, 6.45) is 16.1. The molecular formula is C24H48O6. The molecule has 1 saturated carbocycles. The molecule has 2 atom stereocenters. The fourth-order valence-corrected chi connectivity index (χ4v) is 3.75. The summed E-state index contributed by atoms with van der Waals surface area (Å²) < 4.78 is 0. The van der Waals surface area contributed by atoms with E-state index in [9.17, 15) is 14.7 Å². The normalized spacial score (nSPS) is 16.2. The van der Waals surface area contributed by atoms with E-state index in [0.717, 1.165) is 32.8 Å². The van der Waals surface area contributed by atoms with Gasteiger partial charge < -0.3 is 20.4 Å². The van der Waals surface area contributed by atoms with Crippen molar-refractivity contribution in [3.63, 3.8) is 0 Å². The SMILES string of the molecule is C1CCCCC1.CCC(CCCCC(O)CCCCC(CC)C(=O)O)C(=O)O.CO. The largest absolute Gasteiger partial charge is 0.481 e. The molecule has 2 unspecified atom stereocenters.